The average Bonchev–Trinajstić information content (AvgIpc) is 2.73. The lowest BCUT2D eigenvalue weighted by Crippen LogP contribution is -2.39. The third kappa shape index (κ3) is 4.13. The van der Waals surface area contributed by atoms with Crippen LogP contribution in [0.25, 0.3) is 11.1 Å². The Morgan fingerprint density at radius 3 is 2.59 bits per heavy atom. The van der Waals surface area contributed by atoms with Crippen molar-refractivity contribution >= 4 is 5.91 Å². The van der Waals surface area contributed by atoms with Gasteiger partial charge in [-0.15, -0.1) is 0 Å². The SMILES string of the molecule is Cc1ncc(-c2ccncc2)c([C@H]2CCCN(C(=O)c3cc(F)cc(F)c3)C2)n1. The van der Waals surface area contributed by atoms with E-state index in [9.17, 15) is 13.6 Å². The van der Waals surface area contributed by atoms with Gasteiger partial charge in [-0.2, -0.15) is 0 Å². The zero-order valence-corrected chi connectivity index (χ0v) is 16.0. The average molecular weight is 394 g/mol. The molecule has 148 valence electrons. The lowest BCUT2D eigenvalue weighted by Gasteiger charge is -2.33. The number of carbonyl (C=O) groups is 1. The molecule has 1 aliphatic heterocycles. The molecule has 29 heavy (non-hydrogen) atoms. The summed E-state index contributed by atoms with van der Waals surface area (Å²) in [7, 11) is 0. The standard InChI is InChI=1S/C22H20F2N4O/c1-14-26-12-20(15-4-6-25-7-5-15)21(27-14)16-3-2-8-28(13-16)22(29)17-9-18(23)11-19(24)10-17/h4-7,9-12,16H,2-3,8,13H2,1H3/t16-/m0/s1. The molecule has 4 rings (SSSR count). The maximum atomic E-state index is 13.5. The van der Waals surface area contributed by atoms with Crippen LogP contribution < -0.4 is 0 Å². The van der Waals surface area contributed by atoms with Gasteiger partial charge in [0.1, 0.15) is 17.5 Å². The molecule has 1 amide bonds. The molecule has 1 atom stereocenters. The van der Waals surface area contributed by atoms with Crippen molar-refractivity contribution in [2.24, 2.45) is 0 Å². The summed E-state index contributed by atoms with van der Waals surface area (Å²) in [5, 5.41) is 0. The van der Waals surface area contributed by atoms with Crippen molar-refractivity contribution in [3.8, 4) is 11.1 Å². The van der Waals surface area contributed by atoms with Gasteiger partial charge in [-0.1, -0.05) is 0 Å². The van der Waals surface area contributed by atoms with E-state index in [-0.39, 0.29) is 17.4 Å². The zero-order valence-electron chi connectivity index (χ0n) is 16.0. The van der Waals surface area contributed by atoms with E-state index in [0.717, 1.165) is 47.9 Å². The smallest absolute Gasteiger partial charge is 0.254 e. The second-order valence-corrected chi connectivity index (χ2v) is 7.20. The summed E-state index contributed by atoms with van der Waals surface area (Å²) in [6.45, 7) is 2.81. The van der Waals surface area contributed by atoms with Gasteiger partial charge in [-0.3, -0.25) is 9.78 Å². The van der Waals surface area contributed by atoms with E-state index in [1.165, 1.54) is 0 Å². The molecule has 1 aromatic carbocycles. The Labute approximate surface area is 167 Å². The van der Waals surface area contributed by atoms with Crippen LogP contribution in [0.5, 0.6) is 0 Å². The summed E-state index contributed by atoms with van der Waals surface area (Å²) >= 11 is 0. The zero-order chi connectivity index (χ0) is 20.4. The van der Waals surface area contributed by atoms with Crippen molar-refractivity contribution in [2.45, 2.75) is 25.7 Å². The number of carbonyl (C=O) groups excluding carboxylic acids is 1. The topological polar surface area (TPSA) is 59.0 Å². The third-order valence-corrected chi connectivity index (χ3v) is 5.13. The van der Waals surface area contributed by atoms with Crippen LogP contribution in [0, 0.1) is 18.6 Å². The highest BCUT2D eigenvalue weighted by atomic mass is 19.1. The number of pyridine rings is 1. The van der Waals surface area contributed by atoms with Crippen LogP contribution in [0.1, 0.15) is 40.6 Å². The Hall–Kier alpha value is -3.22. The molecule has 1 saturated heterocycles. The molecule has 1 aliphatic rings. The van der Waals surface area contributed by atoms with Gasteiger partial charge in [0.25, 0.3) is 5.91 Å². The van der Waals surface area contributed by atoms with Crippen LogP contribution in [-0.2, 0) is 0 Å². The minimum absolute atomic E-state index is 0.0102. The van der Waals surface area contributed by atoms with Crippen LogP contribution >= 0.6 is 0 Å². The number of piperidine rings is 1. The van der Waals surface area contributed by atoms with Gasteiger partial charge in [0.05, 0.1) is 5.69 Å². The summed E-state index contributed by atoms with van der Waals surface area (Å²) in [5.41, 5.74) is 2.78. The molecule has 0 bridgehead atoms. The van der Waals surface area contributed by atoms with Crippen molar-refractivity contribution in [1.82, 2.24) is 19.9 Å². The maximum absolute atomic E-state index is 13.5. The predicted octanol–water partition coefficient (Wildman–Crippen LogP) is 4.15. The third-order valence-electron chi connectivity index (χ3n) is 5.13. The Balaban J connectivity index is 1.64. The molecule has 3 aromatic rings. The largest absolute Gasteiger partial charge is 0.338 e. The molecule has 0 unspecified atom stereocenters. The monoisotopic (exact) mass is 394 g/mol. The summed E-state index contributed by atoms with van der Waals surface area (Å²) < 4.78 is 27.1. The number of likely N-dealkylation sites (tertiary alicyclic amines) is 1. The number of rotatable bonds is 3. The molecule has 2 aromatic heterocycles. The quantitative estimate of drug-likeness (QED) is 0.670. The number of benzene rings is 1. The van der Waals surface area contributed by atoms with Gasteiger partial charge in [0, 0.05) is 54.8 Å². The Morgan fingerprint density at radius 2 is 1.86 bits per heavy atom. The number of amides is 1. The molecule has 0 spiro atoms. The van der Waals surface area contributed by atoms with E-state index in [4.69, 9.17) is 0 Å². The van der Waals surface area contributed by atoms with Crippen LogP contribution in [0.3, 0.4) is 0 Å². The minimum Gasteiger partial charge on any atom is -0.338 e. The Morgan fingerprint density at radius 1 is 1.14 bits per heavy atom. The highest BCUT2D eigenvalue weighted by molar-refractivity contribution is 5.94. The van der Waals surface area contributed by atoms with Crippen molar-refractivity contribution < 1.29 is 13.6 Å². The number of nitrogens with zero attached hydrogens (tertiary/aromatic N) is 4. The van der Waals surface area contributed by atoms with Crippen LogP contribution in [0.4, 0.5) is 8.78 Å². The first-order valence-corrected chi connectivity index (χ1v) is 9.50. The van der Waals surface area contributed by atoms with Crippen LogP contribution in [-0.4, -0.2) is 38.8 Å². The number of halogens is 2. The molecule has 1 fully saturated rings. The highest BCUT2D eigenvalue weighted by Crippen LogP contribution is 2.33. The first-order chi connectivity index (χ1) is 14.0. The predicted molar refractivity (Wildman–Crippen MR) is 104 cm³/mol. The van der Waals surface area contributed by atoms with Crippen LogP contribution in [0.2, 0.25) is 0 Å². The van der Waals surface area contributed by atoms with Crippen molar-refractivity contribution in [3.63, 3.8) is 0 Å². The molecule has 0 N–H and O–H groups in total. The minimum atomic E-state index is -0.756. The molecule has 0 saturated carbocycles. The second-order valence-electron chi connectivity index (χ2n) is 7.20. The number of hydrogen-bond donors (Lipinski definition) is 0. The molecule has 7 heteroatoms. The summed E-state index contributed by atoms with van der Waals surface area (Å²) in [5.74, 6) is -1.21. The van der Waals surface area contributed by atoms with E-state index in [0.29, 0.717) is 18.9 Å². The first kappa shape index (κ1) is 19.1. The lowest BCUT2D eigenvalue weighted by atomic mass is 9.89. The fourth-order valence-corrected chi connectivity index (χ4v) is 3.80. The fraction of sp³-hybridized carbons (Fsp3) is 0.273. The van der Waals surface area contributed by atoms with Crippen molar-refractivity contribution in [1.29, 1.82) is 0 Å². The molecular weight excluding hydrogens is 374 g/mol. The number of hydrogen-bond acceptors (Lipinski definition) is 4. The summed E-state index contributed by atoms with van der Waals surface area (Å²) in [4.78, 5) is 27.6. The van der Waals surface area contributed by atoms with Crippen LogP contribution in [0.15, 0.2) is 48.9 Å². The van der Waals surface area contributed by atoms with Gasteiger partial charge < -0.3 is 4.90 Å². The van der Waals surface area contributed by atoms with E-state index in [2.05, 4.69) is 15.0 Å². The van der Waals surface area contributed by atoms with E-state index >= 15 is 0 Å². The molecule has 3 heterocycles. The number of aryl methyl sites for hydroxylation is 1. The van der Waals surface area contributed by atoms with Gasteiger partial charge >= 0.3 is 0 Å². The van der Waals surface area contributed by atoms with E-state index in [1.54, 1.807) is 23.5 Å². The normalized spacial score (nSPS) is 16.7. The second kappa shape index (κ2) is 8.03. The highest BCUT2D eigenvalue weighted by Gasteiger charge is 2.29. The lowest BCUT2D eigenvalue weighted by molar-refractivity contribution is 0.0705. The summed E-state index contributed by atoms with van der Waals surface area (Å²) in [6.07, 6.45) is 6.89. The fourth-order valence-electron chi connectivity index (χ4n) is 3.80. The molecular formula is C22H20F2N4O. The number of aromatic nitrogens is 3. The molecule has 5 nitrogen and oxygen atoms in total. The summed E-state index contributed by atoms with van der Waals surface area (Å²) in [6, 6.07) is 6.72. The van der Waals surface area contributed by atoms with E-state index < -0.39 is 11.6 Å². The van der Waals surface area contributed by atoms with E-state index in [1.807, 2.05) is 19.1 Å². The maximum Gasteiger partial charge on any atom is 0.254 e. The Bertz CT molecular complexity index is 1020. The van der Waals surface area contributed by atoms with Gasteiger partial charge in [0.2, 0.25) is 0 Å². The van der Waals surface area contributed by atoms with Gasteiger partial charge in [0.15, 0.2) is 0 Å². The first-order valence-electron chi connectivity index (χ1n) is 9.50. The van der Waals surface area contributed by atoms with Gasteiger partial charge in [-0.25, -0.2) is 18.7 Å². The van der Waals surface area contributed by atoms with Gasteiger partial charge in [-0.05, 0) is 49.6 Å². The molecule has 0 aliphatic carbocycles. The molecule has 0 radical (unpaired) electrons. The van der Waals surface area contributed by atoms with Crippen molar-refractivity contribution in [3.05, 3.63) is 77.6 Å². The Kier molecular flexibility index (Phi) is 5.29. The van der Waals surface area contributed by atoms with Crippen molar-refractivity contribution in [2.75, 3.05) is 13.1 Å².